The van der Waals surface area contributed by atoms with Crippen LogP contribution in [0.5, 0.6) is 0 Å². The number of oxime groups is 1. The van der Waals surface area contributed by atoms with Crippen molar-refractivity contribution in [1.29, 1.82) is 0 Å². The molecule has 16 heavy (non-hydrogen) atoms. The smallest absolute Gasteiger partial charge is 0.143 e. The molecule has 0 spiro atoms. The first-order chi connectivity index (χ1) is 7.72. The molecule has 0 fully saturated rings. The molecule has 0 aliphatic heterocycles. The Morgan fingerprint density at radius 2 is 2.06 bits per heavy atom. The zero-order valence-electron chi connectivity index (χ0n) is 10.4. The molecule has 0 heterocycles. The third-order valence-corrected chi connectivity index (χ3v) is 3.22. The zero-order chi connectivity index (χ0) is 12.2. The summed E-state index contributed by atoms with van der Waals surface area (Å²) < 4.78 is 0. The average Bonchev–Trinajstić information content (AvgIpc) is 2.31. The number of unbranched alkanes of at least 4 members (excludes halogenated alkanes) is 3. The van der Waals surface area contributed by atoms with Gasteiger partial charge in [0.2, 0.25) is 0 Å². The van der Waals surface area contributed by atoms with Crippen molar-refractivity contribution in [3.8, 4) is 0 Å². The van der Waals surface area contributed by atoms with Gasteiger partial charge in [-0.05, 0) is 31.4 Å². The lowest BCUT2D eigenvalue weighted by molar-refractivity contribution is 0.314. The monoisotopic (exact) mass is 247 g/mol. The summed E-state index contributed by atoms with van der Waals surface area (Å²) in [5, 5.41) is 14.8. The van der Waals surface area contributed by atoms with Crippen LogP contribution in [0.15, 0.2) is 5.16 Å². The van der Waals surface area contributed by atoms with Crippen LogP contribution in [0.1, 0.15) is 32.6 Å². The van der Waals surface area contributed by atoms with Gasteiger partial charge in [0.05, 0.1) is 0 Å². The van der Waals surface area contributed by atoms with Crippen molar-refractivity contribution in [1.82, 2.24) is 5.32 Å². The third kappa shape index (κ3) is 8.85. The van der Waals surface area contributed by atoms with E-state index in [4.69, 9.17) is 10.9 Å². The number of hydrogen-bond donors (Lipinski definition) is 3. The van der Waals surface area contributed by atoms with Crippen LogP contribution in [0.4, 0.5) is 0 Å². The highest BCUT2D eigenvalue weighted by molar-refractivity contribution is 7.98. The molecule has 0 aromatic carbocycles. The molecule has 0 bridgehead atoms. The number of rotatable bonds is 10. The molecule has 0 aliphatic carbocycles. The highest BCUT2D eigenvalue weighted by atomic mass is 32.2. The zero-order valence-corrected chi connectivity index (χ0v) is 11.2. The normalized spacial score (nSPS) is 14.0. The van der Waals surface area contributed by atoms with Crippen LogP contribution in [0.3, 0.4) is 0 Å². The fourth-order valence-electron chi connectivity index (χ4n) is 1.37. The molecule has 0 saturated heterocycles. The summed E-state index contributed by atoms with van der Waals surface area (Å²) in [5.41, 5.74) is 5.47. The molecule has 4 N–H and O–H groups in total. The molecule has 96 valence electrons. The van der Waals surface area contributed by atoms with Crippen LogP contribution < -0.4 is 11.1 Å². The van der Waals surface area contributed by atoms with Gasteiger partial charge in [-0.15, -0.1) is 0 Å². The van der Waals surface area contributed by atoms with Crippen molar-refractivity contribution in [3.63, 3.8) is 0 Å². The molecule has 0 rings (SSSR count). The summed E-state index contributed by atoms with van der Waals surface area (Å²) in [4.78, 5) is 0. The first kappa shape index (κ1) is 15.6. The molecule has 0 radical (unpaired) electrons. The number of thioether (sulfide) groups is 1. The number of nitrogens with zero attached hydrogens (tertiary/aromatic N) is 1. The highest BCUT2D eigenvalue weighted by Crippen LogP contribution is 2.03. The Kier molecular flexibility index (Phi) is 10.8. The Labute approximate surface area is 103 Å². The maximum Gasteiger partial charge on any atom is 0.143 e. The highest BCUT2D eigenvalue weighted by Gasteiger charge is 2.05. The van der Waals surface area contributed by atoms with Gasteiger partial charge in [-0.25, -0.2) is 0 Å². The molecule has 0 aromatic heterocycles. The van der Waals surface area contributed by atoms with Crippen LogP contribution in [0, 0.1) is 5.92 Å². The number of nitrogens with two attached hydrogens (primary N) is 1. The summed E-state index contributed by atoms with van der Waals surface area (Å²) in [6.45, 7) is 3.74. The summed E-state index contributed by atoms with van der Waals surface area (Å²) >= 11 is 1.91. The quantitative estimate of drug-likeness (QED) is 0.181. The molecule has 1 unspecified atom stereocenters. The van der Waals surface area contributed by atoms with Crippen molar-refractivity contribution in [3.05, 3.63) is 0 Å². The SMILES string of the molecule is CSCCCCCCNCC(C)C(N)=NO. The van der Waals surface area contributed by atoms with Gasteiger partial charge in [0.1, 0.15) is 5.84 Å². The van der Waals surface area contributed by atoms with Crippen molar-refractivity contribution in [2.24, 2.45) is 16.8 Å². The molecule has 0 aromatic rings. The first-order valence-corrected chi connectivity index (χ1v) is 7.28. The predicted molar refractivity (Wildman–Crippen MR) is 72.3 cm³/mol. The fourth-order valence-corrected chi connectivity index (χ4v) is 1.86. The summed E-state index contributed by atoms with van der Waals surface area (Å²) in [6, 6.07) is 0. The van der Waals surface area contributed by atoms with Gasteiger partial charge in [0.15, 0.2) is 0 Å². The number of amidine groups is 1. The van der Waals surface area contributed by atoms with Crippen molar-refractivity contribution in [2.75, 3.05) is 25.1 Å². The van der Waals surface area contributed by atoms with Gasteiger partial charge in [-0.1, -0.05) is 24.9 Å². The summed E-state index contributed by atoms with van der Waals surface area (Å²) in [7, 11) is 0. The molecule has 1 atom stereocenters. The lowest BCUT2D eigenvalue weighted by Crippen LogP contribution is -2.31. The minimum Gasteiger partial charge on any atom is -0.409 e. The Morgan fingerprint density at radius 3 is 2.69 bits per heavy atom. The maximum atomic E-state index is 8.46. The number of hydrogen-bond acceptors (Lipinski definition) is 4. The van der Waals surface area contributed by atoms with Crippen molar-refractivity contribution >= 4 is 17.6 Å². The predicted octanol–water partition coefficient (Wildman–Crippen LogP) is 1.88. The second kappa shape index (κ2) is 11.1. The lowest BCUT2D eigenvalue weighted by Gasteiger charge is -2.10. The standard InChI is InChI=1S/C11H25N3OS/c1-10(11(12)14-15)9-13-7-5-3-4-6-8-16-2/h10,13,15H,3-9H2,1-2H3,(H2,12,14). The molecular weight excluding hydrogens is 222 g/mol. The fraction of sp³-hybridized carbons (Fsp3) is 0.909. The van der Waals surface area contributed by atoms with Gasteiger partial charge >= 0.3 is 0 Å². The van der Waals surface area contributed by atoms with E-state index < -0.39 is 0 Å². The average molecular weight is 247 g/mol. The van der Waals surface area contributed by atoms with E-state index in [2.05, 4.69) is 16.7 Å². The van der Waals surface area contributed by atoms with E-state index in [9.17, 15) is 0 Å². The van der Waals surface area contributed by atoms with Crippen molar-refractivity contribution in [2.45, 2.75) is 32.6 Å². The van der Waals surface area contributed by atoms with Crippen molar-refractivity contribution < 1.29 is 5.21 Å². The van der Waals surface area contributed by atoms with Crippen LogP contribution >= 0.6 is 11.8 Å². The summed E-state index contributed by atoms with van der Waals surface area (Å²) in [5.74, 6) is 1.67. The second-order valence-electron chi connectivity index (χ2n) is 4.04. The first-order valence-electron chi connectivity index (χ1n) is 5.89. The molecule has 0 aliphatic rings. The molecule has 0 amide bonds. The van der Waals surface area contributed by atoms with Crippen LogP contribution in [0.2, 0.25) is 0 Å². The minimum absolute atomic E-state index is 0.0986. The Bertz CT molecular complexity index is 188. The second-order valence-corrected chi connectivity index (χ2v) is 5.02. The van der Waals surface area contributed by atoms with E-state index in [-0.39, 0.29) is 5.92 Å². The maximum absolute atomic E-state index is 8.46. The van der Waals surface area contributed by atoms with Gasteiger partial charge in [-0.3, -0.25) is 0 Å². The van der Waals surface area contributed by atoms with Crippen LogP contribution in [-0.2, 0) is 0 Å². The Hall–Kier alpha value is -0.420. The van der Waals surface area contributed by atoms with Gasteiger partial charge < -0.3 is 16.3 Å². The van der Waals surface area contributed by atoms with Gasteiger partial charge in [0.25, 0.3) is 0 Å². The van der Waals surface area contributed by atoms with E-state index in [0.29, 0.717) is 5.84 Å². The Morgan fingerprint density at radius 1 is 1.38 bits per heavy atom. The van der Waals surface area contributed by atoms with Gasteiger partial charge in [0, 0.05) is 12.5 Å². The third-order valence-electron chi connectivity index (χ3n) is 2.52. The van der Waals surface area contributed by atoms with E-state index in [1.165, 1.54) is 31.4 Å². The molecular formula is C11H25N3OS. The topological polar surface area (TPSA) is 70.6 Å². The van der Waals surface area contributed by atoms with E-state index in [1.807, 2.05) is 18.7 Å². The van der Waals surface area contributed by atoms with Gasteiger partial charge in [-0.2, -0.15) is 11.8 Å². The summed E-state index contributed by atoms with van der Waals surface area (Å²) in [6.07, 6.45) is 7.28. The van der Waals surface area contributed by atoms with E-state index in [1.54, 1.807) is 0 Å². The molecule has 0 saturated carbocycles. The van der Waals surface area contributed by atoms with Crippen LogP contribution in [0.25, 0.3) is 0 Å². The Balaban J connectivity index is 3.21. The lowest BCUT2D eigenvalue weighted by atomic mass is 10.1. The van der Waals surface area contributed by atoms with E-state index in [0.717, 1.165) is 13.1 Å². The molecule has 5 heteroatoms. The molecule has 4 nitrogen and oxygen atoms in total. The van der Waals surface area contributed by atoms with Crippen LogP contribution in [-0.4, -0.2) is 36.1 Å². The largest absolute Gasteiger partial charge is 0.409 e. The van der Waals surface area contributed by atoms with E-state index >= 15 is 0 Å². The number of nitrogens with one attached hydrogen (secondary N) is 1. The minimum atomic E-state index is 0.0986.